The maximum Gasteiger partial charge on any atom is 0.155 e. The van der Waals surface area contributed by atoms with Gasteiger partial charge in [0.05, 0.1) is 6.10 Å². The van der Waals surface area contributed by atoms with Crippen LogP contribution in [0.5, 0.6) is 0 Å². The monoisotopic (exact) mass is 314 g/mol. The van der Waals surface area contributed by atoms with Gasteiger partial charge in [0.2, 0.25) is 0 Å². The van der Waals surface area contributed by atoms with Gasteiger partial charge in [-0.2, -0.15) is 0 Å². The average Bonchev–Trinajstić information content (AvgIpc) is 2.77. The molecule has 4 aliphatic carbocycles. The summed E-state index contributed by atoms with van der Waals surface area (Å²) in [7, 11) is 0. The summed E-state index contributed by atoms with van der Waals surface area (Å²) < 4.78 is 0. The number of aliphatic hydroxyl groups excluding tert-OH is 1. The molecule has 0 spiro atoms. The van der Waals surface area contributed by atoms with Crippen LogP contribution >= 0.6 is 0 Å². The molecule has 0 aromatic heterocycles. The first-order valence-electron chi connectivity index (χ1n) is 9.59. The van der Waals surface area contributed by atoms with Crippen LogP contribution in [0, 0.1) is 29.1 Å². The highest BCUT2D eigenvalue weighted by Crippen LogP contribution is 2.62. The van der Waals surface area contributed by atoms with Gasteiger partial charge in [-0.1, -0.05) is 30.6 Å². The highest BCUT2D eigenvalue weighted by molar-refractivity contribution is 5.91. The Balaban J connectivity index is 1.74. The molecule has 0 aromatic carbocycles. The molecule has 0 bridgehead atoms. The predicted molar refractivity (Wildman–Crippen MR) is 91.9 cm³/mol. The lowest BCUT2D eigenvalue weighted by atomic mass is 9.51. The first-order valence-corrected chi connectivity index (χ1v) is 9.59. The van der Waals surface area contributed by atoms with E-state index in [0.717, 1.165) is 32.1 Å². The first kappa shape index (κ1) is 15.6. The van der Waals surface area contributed by atoms with Gasteiger partial charge in [0.1, 0.15) is 0 Å². The van der Waals surface area contributed by atoms with Crippen molar-refractivity contribution in [2.75, 3.05) is 0 Å². The van der Waals surface area contributed by atoms with Crippen molar-refractivity contribution in [1.82, 2.24) is 0 Å². The molecule has 0 saturated heterocycles. The fourth-order valence-corrected chi connectivity index (χ4v) is 6.85. The van der Waals surface area contributed by atoms with E-state index in [0.29, 0.717) is 29.5 Å². The van der Waals surface area contributed by atoms with Gasteiger partial charge in [0.25, 0.3) is 0 Å². The van der Waals surface area contributed by atoms with Gasteiger partial charge in [-0.05, 0) is 75.2 Å². The van der Waals surface area contributed by atoms with E-state index in [1.807, 2.05) is 6.08 Å². The number of hydrogen-bond acceptors (Lipinski definition) is 2. The quantitative estimate of drug-likeness (QED) is 0.727. The number of fused-ring (bicyclic) bond motifs is 5. The van der Waals surface area contributed by atoms with E-state index in [1.54, 1.807) is 5.57 Å². The summed E-state index contributed by atoms with van der Waals surface area (Å²) in [6, 6.07) is 0. The van der Waals surface area contributed by atoms with Gasteiger partial charge in [0, 0.05) is 11.8 Å². The van der Waals surface area contributed by atoms with Crippen molar-refractivity contribution >= 4 is 5.78 Å². The molecule has 3 unspecified atom stereocenters. The van der Waals surface area contributed by atoms with Gasteiger partial charge < -0.3 is 5.11 Å². The molecular formula is C21H30O2. The number of carbonyl (C=O) groups is 1. The second-order valence-electron chi connectivity index (χ2n) is 8.66. The highest BCUT2D eigenvalue weighted by Gasteiger charge is 2.55. The molecule has 2 fully saturated rings. The summed E-state index contributed by atoms with van der Waals surface area (Å²) in [4.78, 5) is 11.9. The average molecular weight is 314 g/mol. The predicted octanol–water partition coefficient (Wildman–Crippen LogP) is 4.44. The van der Waals surface area contributed by atoms with Gasteiger partial charge in [-0.25, -0.2) is 0 Å². The molecule has 2 heteroatoms. The number of carbonyl (C=O) groups excluding carboxylic acids is 1. The van der Waals surface area contributed by atoms with E-state index in [4.69, 9.17) is 0 Å². The Morgan fingerprint density at radius 1 is 1.30 bits per heavy atom. The third-order valence-electron chi connectivity index (χ3n) is 7.69. The second kappa shape index (κ2) is 5.31. The smallest absolute Gasteiger partial charge is 0.155 e. The highest BCUT2D eigenvalue weighted by atomic mass is 16.3. The number of allylic oxidation sites excluding steroid dienone is 2. The number of rotatable bonds is 1. The number of aliphatic hydroxyl groups is 1. The molecule has 4 rings (SSSR count). The first-order chi connectivity index (χ1) is 11.0. The SMILES string of the molecule is CCC12CC[C@@H]3[C@@H]4C(=CC(=O)CC4C)CC[C@H]3C1=C(C)CC2O. The summed E-state index contributed by atoms with van der Waals surface area (Å²) in [5.74, 6) is 2.80. The summed E-state index contributed by atoms with van der Waals surface area (Å²) in [5, 5.41) is 10.8. The largest absolute Gasteiger partial charge is 0.392 e. The summed E-state index contributed by atoms with van der Waals surface area (Å²) in [6.45, 7) is 6.81. The Bertz CT molecular complexity index is 599. The topological polar surface area (TPSA) is 37.3 Å². The van der Waals surface area contributed by atoms with Crippen LogP contribution < -0.4 is 0 Å². The molecule has 0 aliphatic heterocycles. The fourth-order valence-electron chi connectivity index (χ4n) is 6.85. The standard InChI is InChI=1S/C21H30O2/c1-4-21-8-7-16-17(20(21)13(3)10-18(21)23)6-5-14-11-15(22)9-12(2)19(14)16/h11-12,16-19,23H,4-10H2,1-3H3/t12?,16-,17+,18?,19-,21?/m0/s1. The molecule has 0 heterocycles. The van der Waals surface area contributed by atoms with Crippen LogP contribution in [0.15, 0.2) is 22.8 Å². The van der Waals surface area contributed by atoms with E-state index < -0.39 is 0 Å². The second-order valence-corrected chi connectivity index (χ2v) is 8.66. The van der Waals surface area contributed by atoms with Gasteiger partial charge in [-0.15, -0.1) is 0 Å². The van der Waals surface area contributed by atoms with Crippen LogP contribution in [-0.2, 0) is 4.79 Å². The van der Waals surface area contributed by atoms with E-state index in [9.17, 15) is 9.90 Å². The zero-order chi connectivity index (χ0) is 16.4. The minimum absolute atomic E-state index is 0.0696. The summed E-state index contributed by atoms with van der Waals surface area (Å²) in [5.41, 5.74) is 4.61. The van der Waals surface area contributed by atoms with E-state index in [-0.39, 0.29) is 11.5 Å². The van der Waals surface area contributed by atoms with Crippen LogP contribution in [0.3, 0.4) is 0 Å². The molecule has 6 atom stereocenters. The lowest BCUT2D eigenvalue weighted by molar-refractivity contribution is -0.117. The number of hydrogen-bond donors (Lipinski definition) is 1. The molecule has 23 heavy (non-hydrogen) atoms. The van der Waals surface area contributed by atoms with Gasteiger partial charge >= 0.3 is 0 Å². The molecular weight excluding hydrogens is 284 g/mol. The normalized spacial score (nSPS) is 46.2. The molecule has 0 aromatic rings. The zero-order valence-electron chi connectivity index (χ0n) is 14.8. The van der Waals surface area contributed by atoms with Crippen molar-refractivity contribution in [1.29, 1.82) is 0 Å². The van der Waals surface area contributed by atoms with E-state index >= 15 is 0 Å². The van der Waals surface area contributed by atoms with Crippen molar-refractivity contribution in [3.05, 3.63) is 22.8 Å². The van der Waals surface area contributed by atoms with Crippen molar-refractivity contribution in [2.24, 2.45) is 29.1 Å². The Morgan fingerprint density at radius 2 is 2.09 bits per heavy atom. The molecule has 4 aliphatic rings. The minimum Gasteiger partial charge on any atom is -0.392 e. The van der Waals surface area contributed by atoms with Gasteiger partial charge in [-0.3, -0.25) is 4.79 Å². The number of ketones is 1. The summed E-state index contributed by atoms with van der Waals surface area (Å²) >= 11 is 0. The maximum atomic E-state index is 11.9. The van der Waals surface area contributed by atoms with Crippen molar-refractivity contribution < 1.29 is 9.90 Å². The van der Waals surface area contributed by atoms with E-state index in [2.05, 4.69) is 20.8 Å². The maximum absolute atomic E-state index is 11.9. The van der Waals surface area contributed by atoms with Crippen LogP contribution in [0.1, 0.15) is 65.7 Å². The third kappa shape index (κ3) is 2.06. The third-order valence-corrected chi connectivity index (χ3v) is 7.69. The van der Waals surface area contributed by atoms with E-state index in [1.165, 1.54) is 24.0 Å². The van der Waals surface area contributed by atoms with Crippen molar-refractivity contribution in [3.8, 4) is 0 Å². The molecule has 2 nitrogen and oxygen atoms in total. The van der Waals surface area contributed by atoms with Crippen molar-refractivity contribution in [3.63, 3.8) is 0 Å². The van der Waals surface area contributed by atoms with Crippen LogP contribution in [0.2, 0.25) is 0 Å². The molecule has 1 N–H and O–H groups in total. The molecule has 126 valence electrons. The molecule has 2 saturated carbocycles. The summed E-state index contributed by atoms with van der Waals surface area (Å²) in [6.07, 6.45) is 9.16. The Labute approximate surface area is 140 Å². The fraction of sp³-hybridized carbons (Fsp3) is 0.762. The lowest BCUT2D eigenvalue weighted by Gasteiger charge is -2.53. The Kier molecular flexibility index (Phi) is 3.61. The Morgan fingerprint density at radius 3 is 2.83 bits per heavy atom. The van der Waals surface area contributed by atoms with Crippen LogP contribution in [0.25, 0.3) is 0 Å². The molecule has 0 radical (unpaired) electrons. The molecule has 0 amide bonds. The van der Waals surface area contributed by atoms with Crippen molar-refractivity contribution in [2.45, 2.75) is 71.8 Å². The van der Waals surface area contributed by atoms with Crippen LogP contribution in [-0.4, -0.2) is 17.0 Å². The van der Waals surface area contributed by atoms with Crippen LogP contribution in [0.4, 0.5) is 0 Å². The lowest BCUT2D eigenvalue weighted by Crippen LogP contribution is -2.47. The Hall–Kier alpha value is -0.890. The van der Waals surface area contributed by atoms with Gasteiger partial charge in [0.15, 0.2) is 5.78 Å². The zero-order valence-corrected chi connectivity index (χ0v) is 14.8. The minimum atomic E-state index is -0.161.